The Morgan fingerprint density at radius 1 is 1.19 bits per heavy atom. The minimum atomic E-state index is -0.976. The SMILES string of the molecule is N#CCC1(Cn2c(CN3CCC(Oc4ncccc4COc4ccc(Cl)cc4F)CC3)nc3ccc(C(=O)O)cc32)CC1. The van der Waals surface area contributed by atoms with Crippen LogP contribution in [0.2, 0.25) is 5.02 Å². The normalized spacial score (nSPS) is 16.6. The molecule has 1 saturated carbocycles. The van der Waals surface area contributed by atoms with Gasteiger partial charge in [-0.1, -0.05) is 11.6 Å². The van der Waals surface area contributed by atoms with Gasteiger partial charge in [0.1, 0.15) is 18.5 Å². The summed E-state index contributed by atoms with van der Waals surface area (Å²) in [5, 5.41) is 19.2. The zero-order valence-corrected chi connectivity index (χ0v) is 24.3. The molecule has 6 rings (SSSR count). The van der Waals surface area contributed by atoms with Crippen molar-refractivity contribution in [3.8, 4) is 17.7 Å². The van der Waals surface area contributed by atoms with Gasteiger partial charge in [0.2, 0.25) is 5.88 Å². The van der Waals surface area contributed by atoms with E-state index in [2.05, 4.69) is 20.5 Å². The molecule has 4 aromatic rings. The van der Waals surface area contributed by atoms with Crippen molar-refractivity contribution in [2.45, 2.75) is 57.9 Å². The molecule has 3 heterocycles. The molecule has 222 valence electrons. The van der Waals surface area contributed by atoms with Gasteiger partial charge in [-0.15, -0.1) is 0 Å². The number of likely N-dealkylation sites (tertiary alicyclic amines) is 1. The van der Waals surface area contributed by atoms with Gasteiger partial charge in [0.15, 0.2) is 11.6 Å². The lowest BCUT2D eigenvalue weighted by Gasteiger charge is -2.32. The summed E-state index contributed by atoms with van der Waals surface area (Å²) in [7, 11) is 0. The molecule has 43 heavy (non-hydrogen) atoms. The van der Waals surface area contributed by atoms with Crippen LogP contribution in [0, 0.1) is 22.6 Å². The first kappa shape index (κ1) is 28.9. The molecule has 2 aliphatic rings. The Labute approximate surface area is 253 Å². The van der Waals surface area contributed by atoms with E-state index in [-0.39, 0.29) is 29.4 Å². The van der Waals surface area contributed by atoms with Crippen LogP contribution in [-0.4, -0.2) is 49.7 Å². The lowest BCUT2D eigenvalue weighted by atomic mass is 10.0. The lowest BCUT2D eigenvalue weighted by molar-refractivity contribution is 0.0697. The number of benzene rings is 2. The van der Waals surface area contributed by atoms with Gasteiger partial charge in [0.05, 0.1) is 34.8 Å². The first-order chi connectivity index (χ1) is 20.8. The van der Waals surface area contributed by atoms with E-state index in [9.17, 15) is 19.6 Å². The maximum Gasteiger partial charge on any atom is 0.335 e. The third-order valence-corrected chi connectivity index (χ3v) is 8.52. The summed E-state index contributed by atoms with van der Waals surface area (Å²) < 4.78 is 28.3. The highest BCUT2D eigenvalue weighted by atomic mass is 35.5. The molecule has 0 radical (unpaired) electrons. The summed E-state index contributed by atoms with van der Waals surface area (Å²) in [5.41, 5.74) is 2.43. The Morgan fingerprint density at radius 2 is 2.00 bits per heavy atom. The molecule has 1 saturated heterocycles. The van der Waals surface area contributed by atoms with Gasteiger partial charge < -0.3 is 19.1 Å². The smallest absolute Gasteiger partial charge is 0.335 e. The molecule has 11 heteroatoms. The highest BCUT2D eigenvalue weighted by Crippen LogP contribution is 2.50. The Hall–Kier alpha value is -4.20. The number of hydrogen-bond donors (Lipinski definition) is 1. The topological polar surface area (TPSA) is 114 Å². The predicted molar refractivity (Wildman–Crippen MR) is 157 cm³/mol. The lowest BCUT2D eigenvalue weighted by Crippen LogP contribution is -2.38. The van der Waals surface area contributed by atoms with Crippen molar-refractivity contribution in [3.63, 3.8) is 0 Å². The standard InChI is InChI=1S/C32H31ClFN5O4/c33-23-4-6-28(25(34)17-23)42-19-22-2-1-13-36-30(22)43-24-7-14-38(15-8-24)18-29-37-26-5-3-21(31(40)41)16-27(26)39(29)20-32(9-10-32)11-12-35/h1-6,13,16-17,24H,7-11,14-15,18-20H2,(H,40,41). The number of nitriles is 1. The maximum absolute atomic E-state index is 14.2. The molecule has 1 aliphatic heterocycles. The van der Waals surface area contributed by atoms with Crippen LogP contribution >= 0.6 is 11.6 Å². The van der Waals surface area contributed by atoms with Gasteiger partial charge >= 0.3 is 5.97 Å². The highest BCUT2D eigenvalue weighted by Gasteiger charge is 2.43. The molecule has 0 bridgehead atoms. The summed E-state index contributed by atoms with van der Waals surface area (Å²) in [6.07, 6.45) is 5.62. The van der Waals surface area contributed by atoms with Gasteiger partial charge in [-0.05, 0) is 74.2 Å². The molecule has 0 atom stereocenters. The highest BCUT2D eigenvalue weighted by molar-refractivity contribution is 6.30. The zero-order chi connectivity index (χ0) is 30.0. The van der Waals surface area contributed by atoms with Gasteiger partial charge in [-0.3, -0.25) is 4.90 Å². The molecule has 9 nitrogen and oxygen atoms in total. The number of fused-ring (bicyclic) bond motifs is 1. The fraction of sp³-hybridized carbons (Fsp3) is 0.375. The maximum atomic E-state index is 14.2. The second-order valence-electron chi connectivity index (χ2n) is 11.4. The number of carboxylic acids is 1. The Kier molecular flexibility index (Phi) is 8.19. The number of carboxylic acid groups (broad SMARTS) is 1. The summed E-state index contributed by atoms with van der Waals surface area (Å²) in [6.45, 7) is 2.94. The minimum Gasteiger partial charge on any atom is -0.486 e. The van der Waals surface area contributed by atoms with Gasteiger partial charge in [-0.25, -0.2) is 19.2 Å². The van der Waals surface area contributed by atoms with E-state index < -0.39 is 11.8 Å². The van der Waals surface area contributed by atoms with Gasteiger partial charge in [-0.2, -0.15) is 5.26 Å². The van der Waals surface area contributed by atoms with Crippen LogP contribution in [0.25, 0.3) is 11.0 Å². The van der Waals surface area contributed by atoms with Crippen LogP contribution in [0.3, 0.4) is 0 Å². The molecular formula is C32H31ClFN5O4. The van der Waals surface area contributed by atoms with E-state index in [0.717, 1.165) is 61.2 Å². The number of carbonyl (C=O) groups is 1. The minimum absolute atomic E-state index is 0.0422. The van der Waals surface area contributed by atoms with E-state index in [1.165, 1.54) is 12.1 Å². The summed E-state index contributed by atoms with van der Waals surface area (Å²) in [6, 6.07) is 15.3. The monoisotopic (exact) mass is 603 g/mol. The van der Waals surface area contributed by atoms with E-state index >= 15 is 0 Å². The number of ether oxygens (including phenoxy) is 2. The number of hydrogen-bond acceptors (Lipinski definition) is 7. The van der Waals surface area contributed by atoms with Crippen molar-refractivity contribution < 1.29 is 23.8 Å². The molecule has 0 spiro atoms. The molecular weight excluding hydrogens is 573 g/mol. The van der Waals surface area contributed by atoms with Gasteiger partial charge in [0, 0.05) is 42.7 Å². The number of imidazole rings is 1. The summed E-state index contributed by atoms with van der Waals surface area (Å²) in [4.78, 5) is 23.3. The number of nitrogens with zero attached hydrogens (tertiary/aromatic N) is 5. The second-order valence-corrected chi connectivity index (χ2v) is 11.8. The first-order valence-electron chi connectivity index (χ1n) is 14.3. The quantitative estimate of drug-likeness (QED) is 0.214. The number of halogens is 2. The molecule has 0 unspecified atom stereocenters. The number of aromatic carboxylic acids is 1. The van der Waals surface area contributed by atoms with Crippen molar-refractivity contribution in [2.24, 2.45) is 5.41 Å². The first-order valence-corrected chi connectivity index (χ1v) is 14.7. The zero-order valence-electron chi connectivity index (χ0n) is 23.5. The van der Waals surface area contributed by atoms with Gasteiger partial charge in [0.25, 0.3) is 0 Å². The Morgan fingerprint density at radius 3 is 2.72 bits per heavy atom. The van der Waals surface area contributed by atoms with E-state index in [1.54, 1.807) is 36.5 Å². The van der Waals surface area contributed by atoms with E-state index in [1.807, 2.05) is 6.07 Å². The average molecular weight is 604 g/mol. The van der Waals surface area contributed by atoms with Crippen molar-refractivity contribution >= 4 is 28.6 Å². The van der Waals surface area contributed by atoms with E-state index in [0.29, 0.717) is 30.4 Å². The third kappa shape index (κ3) is 6.58. The second kappa shape index (κ2) is 12.2. The molecule has 1 N–H and O–H groups in total. The van der Waals surface area contributed by atoms with Crippen LogP contribution < -0.4 is 9.47 Å². The third-order valence-electron chi connectivity index (χ3n) is 8.28. The number of pyridine rings is 1. The molecule has 2 fully saturated rings. The van der Waals surface area contributed by atoms with Crippen LogP contribution in [0.5, 0.6) is 11.6 Å². The molecule has 2 aromatic heterocycles. The van der Waals surface area contributed by atoms with Crippen molar-refractivity contribution in [3.05, 3.63) is 82.5 Å². The number of piperidine rings is 1. The molecule has 2 aromatic carbocycles. The number of aromatic nitrogens is 3. The van der Waals surface area contributed by atoms with Crippen molar-refractivity contribution in [2.75, 3.05) is 13.1 Å². The summed E-state index contributed by atoms with van der Waals surface area (Å²) >= 11 is 5.84. The fourth-order valence-corrected chi connectivity index (χ4v) is 5.76. The summed E-state index contributed by atoms with van der Waals surface area (Å²) in [5.74, 6) is -0.0492. The van der Waals surface area contributed by atoms with Crippen LogP contribution in [0.4, 0.5) is 4.39 Å². The number of rotatable bonds is 11. The van der Waals surface area contributed by atoms with Crippen molar-refractivity contribution in [1.82, 2.24) is 19.4 Å². The van der Waals surface area contributed by atoms with Crippen LogP contribution in [0.1, 0.15) is 53.8 Å². The Bertz CT molecular complexity index is 1690. The predicted octanol–water partition coefficient (Wildman–Crippen LogP) is 6.24. The van der Waals surface area contributed by atoms with Crippen molar-refractivity contribution in [1.29, 1.82) is 5.26 Å². The van der Waals surface area contributed by atoms with Crippen LogP contribution in [-0.2, 0) is 19.7 Å². The average Bonchev–Trinajstić information content (AvgIpc) is 3.68. The van der Waals surface area contributed by atoms with E-state index in [4.69, 9.17) is 26.1 Å². The molecule has 0 amide bonds. The van der Waals surface area contributed by atoms with Crippen LogP contribution in [0.15, 0.2) is 54.7 Å². The largest absolute Gasteiger partial charge is 0.486 e. The molecule has 1 aliphatic carbocycles. The Balaban J connectivity index is 1.11. The fourth-order valence-electron chi connectivity index (χ4n) is 5.60.